The summed E-state index contributed by atoms with van der Waals surface area (Å²) in [7, 11) is 0. The average molecular weight is 268 g/mol. The molecule has 100 valence electrons. The minimum atomic E-state index is -6.55. The molecule has 9 heteroatoms. The van der Waals surface area contributed by atoms with E-state index < -0.39 is 30.6 Å². The van der Waals surface area contributed by atoms with Crippen molar-refractivity contribution in [2.45, 2.75) is 24.4 Å². The smallest absolute Gasteiger partial charge is 0.460 e. The van der Waals surface area contributed by atoms with Crippen molar-refractivity contribution in [2.24, 2.45) is 0 Å². The van der Waals surface area contributed by atoms with Crippen LogP contribution in [0.5, 0.6) is 0 Å². The number of carbonyl (C=O) groups excluding carboxylic acids is 1. The van der Waals surface area contributed by atoms with Crippen molar-refractivity contribution in [3.05, 3.63) is 12.7 Å². The molecular weight excluding hydrogens is 261 g/mol. The van der Waals surface area contributed by atoms with Crippen molar-refractivity contribution in [2.75, 3.05) is 6.61 Å². The van der Waals surface area contributed by atoms with E-state index in [-0.39, 0.29) is 6.42 Å². The Morgan fingerprint density at radius 2 is 1.59 bits per heavy atom. The van der Waals surface area contributed by atoms with Gasteiger partial charge >= 0.3 is 24.0 Å². The molecule has 2 nitrogen and oxygen atoms in total. The number of esters is 1. The largest absolute Gasteiger partial charge is 0.461 e. The Bertz CT molecular complexity index is 295. The fourth-order valence-electron chi connectivity index (χ4n) is 0.632. The predicted octanol–water partition coefficient (Wildman–Crippen LogP) is 2.94. The molecule has 17 heavy (non-hydrogen) atoms. The molecule has 0 N–H and O–H groups in total. The second kappa shape index (κ2) is 4.92. The fourth-order valence-corrected chi connectivity index (χ4v) is 0.632. The number of ether oxygens (including phenoxy) is 1. The highest BCUT2D eigenvalue weighted by molar-refractivity contribution is 5.79. The fraction of sp³-hybridized carbons (Fsp3) is 0.625. The Morgan fingerprint density at radius 1 is 1.12 bits per heavy atom. The van der Waals surface area contributed by atoms with Gasteiger partial charge in [-0.15, -0.1) is 6.58 Å². The van der Waals surface area contributed by atoms with Gasteiger partial charge in [0.15, 0.2) is 0 Å². The molecule has 0 spiro atoms. The molecule has 0 saturated heterocycles. The van der Waals surface area contributed by atoms with Crippen molar-refractivity contribution >= 4 is 5.97 Å². The maximum absolute atomic E-state index is 12.5. The Labute approximate surface area is 91.0 Å². The van der Waals surface area contributed by atoms with Crippen LogP contribution in [0.3, 0.4) is 0 Å². The lowest BCUT2D eigenvalue weighted by atomic mass is 10.1. The van der Waals surface area contributed by atoms with Gasteiger partial charge in [-0.1, -0.05) is 6.08 Å². The van der Waals surface area contributed by atoms with Gasteiger partial charge in [0.05, 0.1) is 6.61 Å². The van der Waals surface area contributed by atoms with Gasteiger partial charge in [0.25, 0.3) is 0 Å². The van der Waals surface area contributed by atoms with Crippen LogP contribution in [0.1, 0.15) is 6.42 Å². The Hall–Kier alpha value is -1.28. The van der Waals surface area contributed by atoms with E-state index in [1.165, 1.54) is 0 Å². The zero-order valence-electron chi connectivity index (χ0n) is 8.16. The van der Waals surface area contributed by atoms with Gasteiger partial charge in [0.1, 0.15) is 0 Å². The lowest BCUT2D eigenvalue weighted by Gasteiger charge is -2.26. The molecule has 0 amide bonds. The number of hydrogen-bond acceptors (Lipinski definition) is 2. The van der Waals surface area contributed by atoms with Gasteiger partial charge < -0.3 is 4.74 Å². The molecule has 0 atom stereocenters. The third-order valence-corrected chi connectivity index (χ3v) is 1.56. The maximum Gasteiger partial charge on any atom is 0.460 e. The lowest BCUT2D eigenvalue weighted by molar-refractivity contribution is -0.348. The summed E-state index contributed by atoms with van der Waals surface area (Å²) in [5.74, 6) is -15.4. The van der Waals surface area contributed by atoms with Crippen LogP contribution in [0, 0.1) is 0 Å². The Kier molecular flexibility index (Phi) is 4.55. The van der Waals surface area contributed by atoms with Gasteiger partial charge in [-0.3, -0.25) is 0 Å². The van der Waals surface area contributed by atoms with Gasteiger partial charge in [0, 0.05) is 0 Å². The van der Waals surface area contributed by atoms with E-state index in [0.29, 0.717) is 0 Å². The molecule has 0 aromatic heterocycles. The summed E-state index contributed by atoms with van der Waals surface area (Å²) in [5, 5.41) is 0. The average Bonchev–Trinajstić information content (AvgIpc) is 2.15. The number of carbonyl (C=O) groups is 1. The highest BCUT2D eigenvalue weighted by Crippen LogP contribution is 2.46. The predicted molar refractivity (Wildman–Crippen MR) is 41.7 cm³/mol. The zero-order chi connectivity index (χ0) is 13.9. The second-order valence-electron chi connectivity index (χ2n) is 2.86. The molecule has 0 aromatic carbocycles. The van der Waals surface area contributed by atoms with E-state index in [1.54, 1.807) is 0 Å². The molecule has 0 radical (unpaired) electrons. The highest BCUT2D eigenvalue weighted by atomic mass is 19.4. The van der Waals surface area contributed by atoms with E-state index >= 15 is 0 Å². The SMILES string of the molecule is C=CCCOC(=O)C(F)(F)C(F)(F)C(F)(F)F. The molecule has 0 aliphatic carbocycles. The minimum absolute atomic E-state index is 0.153. The Balaban J connectivity index is 4.87. The van der Waals surface area contributed by atoms with Crippen molar-refractivity contribution in [1.82, 2.24) is 0 Å². The maximum atomic E-state index is 12.5. The summed E-state index contributed by atoms with van der Waals surface area (Å²) in [5.41, 5.74) is 0. The third kappa shape index (κ3) is 3.10. The van der Waals surface area contributed by atoms with Crippen molar-refractivity contribution < 1.29 is 40.3 Å². The number of halogens is 7. The first-order valence-electron chi connectivity index (χ1n) is 4.09. The van der Waals surface area contributed by atoms with Crippen LogP contribution in [0.4, 0.5) is 30.7 Å². The second-order valence-corrected chi connectivity index (χ2v) is 2.86. The summed E-state index contributed by atoms with van der Waals surface area (Å²) in [6.07, 6.45) is -5.60. The van der Waals surface area contributed by atoms with Gasteiger partial charge in [-0.2, -0.15) is 30.7 Å². The zero-order valence-corrected chi connectivity index (χ0v) is 8.16. The van der Waals surface area contributed by atoms with Gasteiger partial charge in [0.2, 0.25) is 0 Å². The summed E-state index contributed by atoms with van der Waals surface area (Å²) in [6, 6.07) is 0. The third-order valence-electron chi connectivity index (χ3n) is 1.56. The van der Waals surface area contributed by atoms with Gasteiger partial charge in [-0.25, -0.2) is 4.79 Å². The van der Waals surface area contributed by atoms with E-state index in [1.807, 2.05) is 0 Å². The first-order valence-corrected chi connectivity index (χ1v) is 4.09. The lowest BCUT2D eigenvalue weighted by Crippen LogP contribution is -2.56. The molecule has 0 aliphatic rings. The molecule has 0 aromatic rings. The first kappa shape index (κ1) is 15.7. The molecule has 0 bridgehead atoms. The van der Waals surface area contributed by atoms with Crippen LogP contribution in [-0.2, 0) is 9.53 Å². The van der Waals surface area contributed by atoms with E-state index in [9.17, 15) is 35.5 Å². The van der Waals surface area contributed by atoms with E-state index in [0.717, 1.165) is 6.08 Å². The van der Waals surface area contributed by atoms with Crippen LogP contribution in [0.2, 0.25) is 0 Å². The molecular formula is C8H7F7O2. The summed E-state index contributed by atoms with van der Waals surface area (Å²) >= 11 is 0. The Morgan fingerprint density at radius 3 is 1.94 bits per heavy atom. The van der Waals surface area contributed by atoms with Crippen molar-refractivity contribution in [1.29, 1.82) is 0 Å². The molecule has 0 saturated carbocycles. The molecule has 0 rings (SSSR count). The van der Waals surface area contributed by atoms with Crippen LogP contribution < -0.4 is 0 Å². The molecule has 0 unspecified atom stereocenters. The normalized spacial score (nSPS) is 13.4. The summed E-state index contributed by atoms with van der Waals surface area (Å²) < 4.78 is 88.1. The molecule has 0 aliphatic heterocycles. The summed E-state index contributed by atoms with van der Waals surface area (Å²) in [4.78, 5) is 10.4. The number of rotatable bonds is 5. The monoisotopic (exact) mass is 268 g/mol. The van der Waals surface area contributed by atoms with Crippen LogP contribution in [-0.4, -0.2) is 30.6 Å². The highest BCUT2D eigenvalue weighted by Gasteiger charge is 2.77. The van der Waals surface area contributed by atoms with E-state index in [2.05, 4.69) is 11.3 Å². The standard InChI is InChI=1S/C8H7F7O2/c1-2-3-4-17-5(16)6(9,10)7(11,12)8(13,14)15/h2H,1,3-4H2. The quantitative estimate of drug-likeness (QED) is 0.331. The minimum Gasteiger partial charge on any atom is -0.461 e. The number of hydrogen-bond donors (Lipinski definition) is 0. The van der Waals surface area contributed by atoms with Gasteiger partial charge in [-0.05, 0) is 6.42 Å². The molecule has 0 heterocycles. The van der Waals surface area contributed by atoms with E-state index in [4.69, 9.17) is 0 Å². The van der Waals surface area contributed by atoms with Crippen molar-refractivity contribution in [3.8, 4) is 0 Å². The summed E-state index contributed by atoms with van der Waals surface area (Å²) in [6.45, 7) is 2.34. The van der Waals surface area contributed by atoms with Crippen molar-refractivity contribution in [3.63, 3.8) is 0 Å². The van der Waals surface area contributed by atoms with Crippen LogP contribution >= 0.6 is 0 Å². The molecule has 0 fully saturated rings. The number of alkyl halides is 7. The topological polar surface area (TPSA) is 26.3 Å². The van der Waals surface area contributed by atoms with Crippen LogP contribution in [0.25, 0.3) is 0 Å². The van der Waals surface area contributed by atoms with Crippen LogP contribution in [0.15, 0.2) is 12.7 Å². The first-order chi connectivity index (χ1) is 7.48.